The SMILES string of the molecule is CC(C)Oc1cccc(C(O)C(=O)N2CCC(CCCCNc3ccc(C=O)c(Cl)c3)CC2)c1.CNC. The normalized spacial score (nSPS) is 14.5. The predicted octanol–water partition coefficient (Wildman–Crippen LogP) is 5.33. The largest absolute Gasteiger partial charge is 0.491 e. The number of hydrogen-bond acceptors (Lipinski definition) is 6. The molecule has 1 unspecified atom stereocenters. The lowest BCUT2D eigenvalue weighted by atomic mass is 9.91. The van der Waals surface area contributed by atoms with E-state index in [1.165, 1.54) is 0 Å². The summed E-state index contributed by atoms with van der Waals surface area (Å²) in [5.41, 5.74) is 1.99. The number of aliphatic hydroxyl groups is 1. The number of aldehydes is 1. The van der Waals surface area contributed by atoms with Crippen molar-refractivity contribution in [1.29, 1.82) is 0 Å². The molecule has 1 atom stereocenters. The minimum atomic E-state index is -1.16. The molecule has 0 spiro atoms. The van der Waals surface area contributed by atoms with E-state index in [2.05, 4.69) is 10.6 Å². The number of nitrogens with one attached hydrogen (secondary N) is 2. The minimum absolute atomic E-state index is 0.0337. The van der Waals surface area contributed by atoms with Crippen molar-refractivity contribution >= 4 is 29.5 Å². The van der Waals surface area contributed by atoms with Gasteiger partial charge in [-0.05, 0) is 89.0 Å². The summed E-state index contributed by atoms with van der Waals surface area (Å²) >= 11 is 6.06. The molecule has 1 aliphatic rings. The van der Waals surface area contributed by atoms with Gasteiger partial charge >= 0.3 is 0 Å². The second-order valence-corrected chi connectivity index (χ2v) is 10.1. The van der Waals surface area contributed by atoms with Gasteiger partial charge in [-0.2, -0.15) is 0 Å². The number of rotatable bonds is 11. The number of aliphatic hydroxyl groups excluding tert-OH is 1. The molecular weight excluding hydrogens is 490 g/mol. The zero-order valence-electron chi connectivity index (χ0n) is 22.5. The van der Waals surface area contributed by atoms with Crippen LogP contribution in [0.2, 0.25) is 5.02 Å². The molecule has 7 nitrogen and oxygen atoms in total. The molecule has 1 heterocycles. The fraction of sp³-hybridized carbons (Fsp3) is 0.517. The highest BCUT2D eigenvalue weighted by Crippen LogP contribution is 2.27. The molecule has 3 N–H and O–H groups in total. The Balaban J connectivity index is 0.00000153. The molecule has 0 saturated carbocycles. The first-order valence-corrected chi connectivity index (χ1v) is 13.5. The summed E-state index contributed by atoms with van der Waals surface area (Å²) in [6.45, 7) is 6.10. The Morgan fingerprint density at radius 3 is 2.49 bits per heavy atom. The van der Waals surface area contributed by atoms with Gasteiger partial charge in [0.25, 0.3) is 5.91 Å². The predicted molar refractivity (Wildman–Crippen MR) is 151 cm³/mol. The molecule has 0 aliphatic carbocycles. The van der Waals surface area contributed by atoms with E-state index in [1.54, 1.807) is 35.2 Å². The molecule has 2 aromatic carbocycles. The van der Waals surface area contributed by atoms with Crippen molar-refractivity contribution in [3.8, 4) is 5.75 Å². The maximum absolute atomic E-state index is 12.8. The summed E-state index contributed by atoms with van der Waals surface area (Å²) < 4.78 is 5.68. The zero-order valence-corrected chi connectivity index (χ0v) is 23.3. The Kier molecular flexibility index (Phi) is 13.5. The van der Waals surface area contributed by atoms with Crippen LogP contribution >= 0.6 is 11.6 Å². The van der Waals surface area contributed by atoms with Gasteiger partial charge in [-0.1, -0.05) is 36.6 Å². The maximum Gasteiger partial charge on any atom is 0.256 e. The van der Waals surface area contributed by atoms with E-state index in [-0.39, 0.29) is 12.0 Å². The molecule has 1 aliphatic heterocycles. The van der Waals surface area contributed by atoms with Crippen LogP contribution in [0.1, 0.15) is 68.0 Å². The number of benzene rings is 2. The van der Waals surface area contributed by atoms with Gasteiger partial charge in [0.15, 0.2) is 12.4 Å². The number of amides is 1. The molecule has 204 valence electrons. The molecule has 37 heavy (non-hydrogen) atoms. The lowest BCUT2D eigenvalue weighted by Gasteiger charge is -2.33. The summed E-state index contributed by atoms with van der Waals surface area (Å²) in [5.74, 6) is 1.03. The van der Waals surface area contributed by atoms with Crippen LogP contribution in [0.3, 0.4) is 0 Å². The van der Waals surface area contributed by atoms with E-state index in [1.807, 2.05) is 40.1 Å². The van der Waals surface area contributed by atoms with E-state index in [4.69, 9.17) is 16.3 Å². The minimum Gasteiger partial charge on any atom is -0.491 e. The number of unbranched alkanes of at least 4 members (excludes halogenated alkanes) is 1. The quantitative estimate of drug-likeness (QED) is 0.268. The number of ether oxygens (including phenoxy) is 1. The Morgan fingerprint density at radius 1 is 1.16 bits per heavy atom. The average Bonchev–Trinajstić information content (AvgIpc) is 2.88. The Morgan fingerprint density at radius 2 is 1.86 bits per heavy atom. The van der Waals surface area contributed by atoms with Gasteiger partial charge in [0, 0.05) is 30.9 Å². The molecule has 3 rings (SSSR count). The third kappa shape index (κ3) is 10.3. The number of anilines is 1. The monoisotopic (exact) mass is 531 g/mol. The van der Waals surface area contributed by atoms with Crippen molar-refractivity contribution in [3.63, 3.8) is 0 Å². The number of likely N-dealkylation sites (tertiary alicyclic amines) is 1. The Hall–Kier alpha value is -2.61. The molecule has 2 aromatic rings. The van der Waals surface area contributed by atoms with Crippen LogP contribution in [0, 0.1) is 5.92 Å². The summed E-state index contributed by atoms with van der Waals surface area (Å²) in [5, 5.41) is 17.2. The number of piperidine rings is 1. The van der Waals surface area contributed by atoms with Crippen molar-refractivity contribution < 1.29 is 19.4 Å². The first-order chi connectivity index (χ1) is 17.8. The van der Waals surface area contributed by atoms with E-state index < -0.39 is 6.10 Å². The molecule has 0 radical (unpaired) electrons. The van der Waals surface area contributed by atoms with E-state index in [0.717, 1.165) is 50.6 Å². The van der Waals surface area contributed by atoms with E-state index in [9.17, 15) is 14.7 Å². The first kappa shape index (κ1) is 30.6. The molecular formula is C29H42ClN3O4. The maximum atomic E-state index is 12.8. The van der Waals surface area contributed by atoms with Gasteiger partial charge in [-0.15, -0.1) is 0 Å². The second-order valence-electron chi connectivity index (χ2n) is 9.69. The van der Waals surface area contributed by atoms with Crippen LogP contribution in [0.5, 0.6) is 5.75 Å². The van der Waals surface area contributed by atoms with Crippen LogP contribution in [0.25, 0.3) is 0 Å². The second kappa shape index (κ2) is 16.3. The third-order valence-corrected chi connectivity index (χ3v) is 6.53. The van der Waals surface area contributed by atoms with Gasteiger partial charge in [0.1, 0.15) is 5.75 Å². The topological polar surface area (TPSA) is 90.9 Å². The number of carbonyl (C=O) groups excluding carboxylic acids is 2. The zero-order chi connectivity index (χ0) is 27.2. The molecule has 0 bridgehead atoms. The van der Waals surface area contributed by atoms with Crippen LogP contribution in [0.4, 0.5) is 5.69 Å². The van der Waals surface area contributed by atoms with Gasteiger partial charge in [0.2, 0.25) is 0 Å². The molecule has 1 amide bonds. The number of nitrogens with zero attached hydrogens (tertiary/aromatic N) is 1. The highest BCUT2D eigenvalue weighted by Gasteiger charge is 2.28. The van der Waals surface area contributed by atoms with E-state index >= 15 is 0 Å². The molecule has 8 heteroatoms. The fourth-order valence-electron chi connectivity index (χ4n) is 4.31. The summed E-state index contributed by atoms with van der Waals surface area (Å²) in [4.78, 5) is 25.5. The highest BCUT2D eigenvalue weighted by molar-refractivity contribution is 6.33. The average molecular weight is 532 g/mol. The van der Waals surface area contributed by atoms with Crippen LogP contribution in [-0.4, -0.2) is 62.0 Å². The standard InChI is InChI=1S/C27H35ClN2O4.C2H7N/c1-19(2)34-24-8-5-7-21(16-24)26(32)27(33)30-14-11-20(12-15-30)6-3-4-13-29-23-10-9-22(18-31)25(28)17-23;1-3-2/h5,7-10,16-20,26,29,32H,3-4,6,11-15H2,1-2H3;3H,1-2H3. The van der Waals surface area contributed by atoms with Crippen LogP contribution in [0.15, 0.2) is 42.5 Å². The number of hydrogen-bond donors (Lipinski definition) is 3. The number of carbonyl (C=O) groups is 2. The van der Waals surface area contributed by atoms with Crippen molar-refractivity contribution in [2.45, 2.75) is 58.2 Å². The third-order valence-electron chi connectivity index (χ3n) is 6.20. The molecule has 1 fully saturated rings. The summed E-state index contributed by atoms with van der Waals surface area (Å²) in [6.07, 6.45) is 4.84. The lowest BCUT2D eigenvalue weighted by molar-refractivity contribution is -0.142. The first-order valence-electron chi connectivity index (χ1n) is 13.1. The summed E-state index contributed by atoms with van der Waals surface area (Å²) in [6, 6.07) is 12.5. The van der Waals surface area contributed by atoms with E-state index in [0.29, 0.717) is 40.9 Å². The molecule has 0 aromatic heterocycles. The van der Waals surface area contributed by atoms with Gasteiger partial charge < -0.3 is 25.4 Å². The van der Waals surface area contributed by atoms with Crippen molar-refractivity contribution in [2.75, 3.05) is 39.0 Å². The Bertz CT molecular complexity index is 977. The summed E-state index contributed by atoms with van der Waals surface area (Å²) in [7, 11) is 3.75. The fourth-order valence-corrected chi connectivity index (χ4v) is 4.54. The Labute approximate surface area is 226 Å². The molecule has 1 saturated heterocycles. The van der Waals surface area contributed by atoms with Crippen molar-refractivity contribution in [1.82, 2.24) is 10.2 Å². The van der Waals surface area contributed by atoms with Crippen LogP contribution in [-0.2, 0) is 4.79 Å². The van der Waals surface area contributed by atoms with Crippen molar-refractivity contribution in [3.05, 3.63) is 58.6 Å². The van der Waals surface area contributed by atoms with Gasteiger partial charge in [0.05, 0.1) is 11.1 Å². The van der Waals surface area contributed by atoms with Crippen molar-refractivity contribution in [2.24, 2.45) is 5.92 Å². The van der Waals surface area contributed by atoms with Gasteiger partial charge in [-0.25, -0.2) is 0 Å². The van der Waals surface area contributed by atoms with Crippen LogP contribution < -0.4 is 15.4 Å². The number of halogens is 1. The smallest absolute Gasteiger partial charge is 0.256 e. The highest BCUT2D eigenvalue weighted by atomic mass is 35.5. The van der Waals surface area contributed by atoms with Gasteiger partial charge in [-0.3, -0.25) is 9.59 Å². The lowest BCUT2D eigenvalue weighted by Crippen LogP contribution is -2.41.